The van der Waals surface area contributed by atoms with E-state index in [2.05, 4.69) is 15.4 Å². The Morgan fingerprint density at radius 1 is 1.29 bits per heavy atom. The number of hydrogen-bond donors (Lipinski definition) is 1. The fraction of sp³-hybridized carbons (Fsp3) is 0.167. The molecule has 1 aliphatic heterocycles. The maximum atomic E-state index is 11.2. The molecule has 0 radical (unpaired) electrons. The number of fused-ring (bicyclic) bond motifs is 2. The highest BCUT2D eigenvalue weighted by Gasteiger charge is 2.17. The van der Waals surface area contributed by atoms with E-state index >= 15 is 0 Å². The van der Waals surface area contributed by atoms with E-state index in [0.29, 0.717) is 13.2 Å². The number of carbonyl (C=O) groups is 1. The van der Waals surface area contributed by atoms with Crippen LogP contribution in [0.2, 0.25) is 0 Å². The van der Waals surface area contributed by atoms with Crippen molar-refractivity contribution >= 4 is 11.6 Å². The molecule has 6 nitrogen and oxygen atoms in total. The van der Waals surface area contributed by atoms with Crippen LogP contribution in [0.4, 0.5) is 5.69 Å². The number of nitrogens with one attached hydrogen (secondary N) is 1. The van der Waals surface area contributed by atoms with Crippen molar-refractivity contribution in [1.82, 2.24) is 14.8 Å². The summed E-state index contributed by atoms with van der Waals surface area (Å²) in [6.07, 6.45) is 3.55. The molecule has 120 valence electrons. The number of nitrogens with zero attached hydrogens (tertiary/aromatic N) is 3. The summed E-state index contributed by atoms with van der Waals surface area (Å²) in [5.74, 6) is 0.673. The zero-order valence-electron chi connectivity index (χ0n) is 13.2. The van der Waals surface area contributed by atoms with Crippen LogP contribution in [-0.2, 0) is 17.9 Å². The first-order chi connectivity index (χ1) is 11.7. The molecule has 24 heavy (non-hydrogen) atoms. The number of anilines is 1. The Morgan fingerprint density at radius 3 is 3.00 bits per heavy atom. The Labute approximate surface area is 139 Å². The Hall–Kier alpha value is -3.15. The highest BCUT2D eigenvalue weighted by Crippen LogP contribution is 2.29. The van der Waals surface area contributed by atoms with Gasteiger partial charge in [0.25, 0.3) is 0 Å². The largest absolute Gasteiger partial charge is 0.487 e. The maximum absolute atomic E-state index is 11.2. The van der Waals surface area contributed by atoms with E-state index in [4.69, 9.17) is 4.74 Å². The van der Waals surface area contributed by atoms with Gasteiger partial charge in [0, 0.05) is 42.2 Å². The molecule has 0 unspecified atom stereocenters. The minimum atomic E-state index is -0.0994. The average molecular weight is 320 g/mol. The van der Waals surface area contributed by atoms with Crippen molar-refractivity contribution < 1.29 is 9.53 Å². The number of pyridine rings is 1. The minimum Gasteiger partial charge on any atom is -0.487 e. The molecule has 2 aromatic heterocycles. The predicted molar refractivity (Wildman–Crippen MR) is 89.6 cm³/mol. The summed E-state index contributed by atoms with van der Waals surface area (Å²) in [6.45, 7) is 2.55. The van der Waals surface area contributed by atoms with Crippen LogP contribution in [0.3, 0.4) is 0 Å². The van der Waals surface area contributed by atoms with Crippen molar-refractivity contribution in [3.8, 4) is 17.0 Å². The summed E-state index contributed by atoms with van der Waals surface area (Å²) in [5.41, 5.74) is 4.64. The highest BCUT2D eigenvalue weighted by atomic mass is 16.5. The molecule has 1 amide bonds. The fourth-order valence-corrected chi connectivity index (χ4v) is 2.78. The maximum Gasteiger partial charge on any atom is 0.221 e. The van der Waals surface area contributed by atoms with E-state index in [1.807, 2.05) is 41.1 Å². The second kappa shape index (κ2) is 5.81. The third-order valence-electron chi connectivity index (χ3n) is 3.90. The van der Waals surface area contributed by atoms with Crippen LogP contribution < -0.4 is 10.1 Å². The van der Waals surface area contributed by atoms with Gasteiger partial charge in [0.2, 0.25) is 5.91 Å². The lowest BCUT2D eigenvalue weighted by molar-refractivity contribution is -0.114. The van der Waals surface area contributed by atoms with Gasteiger partial charge in [-0.1, -0.05) is 6.07 Å². The van der Waals surface area contributed by atoms with Crippen LogP contribution in [0.1, 0.15) is 18.2 Å². The molecule has 0 fully saturated rings. The van der Waals surface area contributed by atoms with Gasteiger partial charge in [-0.3, -0.25) is 14.5 Å². The molecule has 3 heterocycles. The highest BCUT2D eigenvalue weighted by molar-refractivity contribution is 5.88. The topological polar surface area (TPSA) is 69.0 Å². The molecule has 1 aliphatic rings. The van der Waals surface area contributed by atoms with E-state index in [1.54, 1.807) is 12.4 Å². The van der Waals surface area contributed by atoms with Crippen molar-refractivity contribution in [3.05, 3.63) is 60.0 Å². The first kappa shape index (κ1) is 14.4. The monoisotopic (exact) mass is 320 g/mol. The van der Waals surface area contributed by atoms with E-state index < -0.39 is 0 Å². The van der Waals surface area contributed by atoms with E-state index in [-0.39, 0.29) is 5.91 Å². The van der Waals surface area contributed by atoms with Gasteiger partial charge in [0.1, 0.15) is 12.4 Å². The zero-order valence-corrected chi connectivity index (χ0v) is 13.2. The van der Waals surface area contributed by atoms with Crippen molar-refractivity contribution in [3.63, 3.8) is 0 Å². The molecule has 6 heteroatoms. The molecule has 0 saturated carbocycles. The number of benzene rings is 1. The van der Waals surface area contributed by atoms with Crippen molar-refractivity contribution in [2.75, 3.05) is 5.32 Å². The van der Waals surface area contributed by atoms with Gasteiger partial charge >= 0.3 is 0 Å². The summed E-state index contributed by atoms with van der Waals surface area (Å²) < 4.78 is 7.87. The SMILES string of the molecule is CC(=O)Nc1ccc2c(c1)OCc1cc(-c3cccnc3)nn1C2. The van der Waals surface area contributed by atoms with Gasteiger partial charge in [-0.15, -0.1) is 0 Å². The van der Waals surface area contributed by atoms with E-state index in [9.17, 15) is 4.79 Å². The Bertz CT molecular complexity index is 903. The molecular weight excluding hydrogens is 304 g/mol. The quantitative estimate of drug-likeness (QED) is 0.788. The van der Waals surface area contributed by atoms with Gasteiger partial charge in [-0.05, 0) is 24.3 Å². The third kappa shape index (κ3) is 2.74. The molecule has 1 aromatic carbocycles. The number of rotatable bonds is 2. The smallest absolute Gasteiger partial charge is 0.221 e. The Kier molecular flexibility index (Phi) is 3.49. The zero-order chi connectivity index (χ0) is 16.5. The summed E-state index contributed by atoms with van der Waals surface area (Å²) in [4.78, 5) is 15.3. The molecule has 0 atom stereocenters. The Morgan fingerprint density at radius 2 is 2.21 bits per heavy atom. The van der Waals surface area contributed by atoms with Crippen LogP contribution in [-0.4, -0.2) is 20.7 Å². The Balaban J connectivity index is 1.65. The molecule has 0 aliphatic carbocycles. The normalized spacial score (nSPS) is 12.5. The van der Waals surface area contributed by atoms with Gasteiger partial charge in [-0.2, -0.15) is 5.10 Å². The lowest BCUT2D eigenvalue weighted by atomic mass is 10.2. The number of carbonyl (C=O) groups excluding carboxylic acids is 1. The standard InChI is InChI=1S/C18H16N4O2/c1-12(23)20-15-5-4-14-10-22-16(11-24-18(14)7-15)8-17(21-22)13-3-2-6-19-9-13/h2-9H,10-11H2,1H3,(H,20,23). The van der Waals surface area contributed by atoms with E-state index in [1.165, 1.54) is 6.92 Å². The fourth-order valence-electron chi connectivity index (χ4n) is 2.78. The number of ether oxygens (including phenoxy) is 1. The second-order valence-corrected chi connectivity index (χ2v) is 5.71. The summed E-state index contributed by atoms with van der Waals surface area (Å²) >= 11 is 0. The van der Waals surface area contributed by atoms with E-state index in [0.717, 1.165) is 34.0 Å². The lowest BCUT2D eigenvalue weighted by Gasteiger charge is -2.09. The number of aromatic nitrogens is 3. The first-order valence-electron chi connectivity index (χ1n) is 7.69. The predicted octanol–water partition coefficient (Wildman–Crippen LogP) is 2.84. The van der Waals surface area contributed by atoms with Crippen molar-refractivity contribution in [2.24, 2.45) is 0 Å². The van der Waals surface area contributed by atoms with Crippen molar-refractivity contribution in [2.45, 2.75) is 20.1 Å². The van der Waals surface area contributed by atoms with Gasteiger partial charge in [-0.25, -0.2) is 0 Å². The minimum absolute atomic E-state index is 0.0994. The third-order valence-corrected chi connectivity index (χ3v) is 3.90. The van der Waals surface area contributed by atoms with Crippen LogP contribution in [0.25, 0.3) is 11.3 Å². The van der Waals surface area contributed by atoms with Crippen LogP contribution in [0.15, 0.2) is 48.8 Å². The molecular formula is C18H16N4O2. The van der Waals surface area contributed by atoms with Crippen LogP contribution in [0.5, 0.6) is 5.75 Å². The van der Waals surface area contributed by atoms with Gasteiger partial charge < -0.3 is 10.1 Å². The molecule has 1 N–H and O–H groups in total. The summed E-state index contributed by atoms with van der Waals surface area (Å²) in [6, 6.07) is 11.6. The van der Waals surface area contributed by atoms with Gasteiger partial charge in [0.05, 0.1) is 17.9 Å². The van der Waals surface area contributed by atoms with Gasteiger partial charge in [0.15, 0.2) is 0 Å². The summed E-state index contributed by atoms with van der Waals surface area (Å²) in [5, 5.41) is 7.45. The molecule has 0 saturated heterocycles. The van der Waals surface area contributed by atoms with Crippen molar-refractivity contribution in [1.29, 1.82) is 0 Å². The number of amides is 1. The molecule has 4 rings (SSSR count). The average Bonchev–Trinajstić information content (AvgIpc) is 2.90. The van der Waals surface area contributed by atoms with Crippen LogP contribution in [0, 0.1) is 0 Å². The summed E-state index contributed by atoms with van der Waals surface area (Å²) in [7, 11) is 0. The molecule has 0 spiro atoms. The first-order valence-corrected chi connectivity index (χ1v) is 7.69. The molecule has 3 aromatic rings. The second-order valence-electron chi connectivity index (χ2n) is 5.71. The van der Waals surface area contributed by atoms with Crippen LogP contribution >= 0.6 is 0 Å². The number of hydrogen-bond acceptors (Lipinski definition) is 4. The molecule has 0 bridgehead atoms. The lowest BCUT2D eigenvalue weighted by Crippen LogP contribution is -2.06.